The highest BCUT2D eigenvalue weighted by Gasteiger charge is 2.27. The molecule has 158 valence electrons. The van der Waals surface area contributed by atoms with Crippen LogP contribution >= 0.6 is 0 Å². The number of hydrogen-bond donors (Lipinski definition) is 1. The van der Waals surface area contributed by atoms with Gasteiger partial charge >= 0.3 is 0 Å². The maximum Gasteiger partial charge on any atom is 0.257 e. The molecule has 0 atom stereocenters. The van der Waals surface area contributed by atoms with Gasteiger partial charge in [0.25, 0.3) is 11.5 Å². The number of carbonyl (C=O) groups excluding carboxylic acids is 1. The standard InChI is InChI=1S/C25H26N4O2/c30-23-21-17-29(16-13-22(21)26-25(27-23)28-14-7-2-8-15-28)24(31)20-12-6-5-11-19(20)18-9-3-1-4-10-18/h1,3-6,9-12H,2,7-8,13-17H2,(H,26,27,30). The number of amides is 1. The molecule has 5 rings (SSSR count). The number of rotatable bonds is 3. The summed E-state index contributed by atoms with van der Waals surface area (Å²) >= 11 is 0. The lowest BCUT2D eigenvalue weighted by molar-refractivity contribution is 0.0733. The number of fused-ring (bicyclic) bond motifs is 1. The molecular weight excluding hydrogens is 388 g/mol. The molecule has 0 bridgehead atoms. The Bertz CT molecular complexity index is 1150. The Hall–Kier alpha value is -3.41. The summed E-state index contributed by atoms with van der Waals surface area (Å²) in [6, 6.07) is 17.6. The highest BCUT2D eigenvalue weighted by Crippen LogP contribution is 2.26. The molecule has 2 aromatic carbocycles. The van der Waals surface area contributed by atoms with Gasteiger partial charge in [0.05, 0.1) is 17.8 Å². The highest BCUT2D eigenvalue weighted by atomic mass is 16.2. The fourth-order valence-electron chi connectivity index (χ4n) is 4.55. The molecule has 31 heavy (non-hydrogen) atoms. The van der Waals surface area contributed by atoms with Crippen LogP contribution in [0.4, 0.5) is 5.95 Å². The predicted molar refractivity (Wildman–Crippen MR) is 121 cm³/mol. The average molecular weight is 415 g/mol. The van der Waals surface area contributed by atoms with E-state index in [0.717, 1.165) is 42.8 Å². The zero-order chi connectivity index (χ0) is 21.2. The van der Waals surface area contributed by atoms with Gasteiger partial charge in [0.2, 0.25) is 5.95 Å². The molecule has 0 spiro atoms. The first-order valence-corrected chi connectivity index (χ1v) is 11.0. The summed E-state index contributed by atoms with van der Waals surface area (Å²) in [5, 5.41) is 0. The molecule has 2 aliphatic heterocycles. The van der Waals surface area contributed by atoms with Gasteiger partial charge in [-0.05, 0) is 36.5 Å². The molecule has 3 heterocycles. The molecule has 2 aliphatic rings. The Labute approximate surface area is 181 Å². The lowest BCUT2D eigenvalue weighted by Gasteiger charge is -2.31. The molecule has 0 unspecified atom stereocenters. The van der Waals surface area contributed by atoms with E-state index in [4.69, 9.17) is 4.98 Å². The quantitative estimate of drug-likeness (QED) is 0.711. The number of aromatic amines is 1. The van der Waals surface area contributed by atoms with E-state index in [9.17, 15) is 9.59 Å². The molecule has 6 nitrogen and oxygen atoms in total. The number of nitrogens with zero attached hydrogens (tertiary/aromatic N) is 3. The summed E-state index contributed by atoms with van der Waals surface area (Å²) < 4.78 is 0. The number of aromatic nitrogens is 2. The predicted octanol–water partition coefficient (Wildman–Crippen LogP) is 3.63. The Morgan fingerprint density at radius 2 is 1.65 bits per heavy atom. The largest absolute Gasteiger partial charge is 0.342 e. The Balaban J connectivity index is 1.42. The minimum absolute atomic E-state index is 0.0513. The molecule has 1 amide bonds. The monoisotopic (exact) mass is 414 g/mol. The van der Waals surface area contributed by atoms with Crippen LogP contribution in [0.5, 0.6) is 0 Å². The summed E-state index contributed by atoms with van der Waals surface area (Å²) in [5.41, 5.74) is 3.88. The number of benzene rings is 2. The van der Waals surface area contributed by atoms with Gasteiger partial charge in [-0.1, -0.05) is 48.5 Å². The number of hydrogen-bond acceptors (Lipinski definition) is 4. The third-order valence-corrected chi connectivity index (χ3v) is 6.24. The zero-order valence-corrected chi connectivity index (χ0v) is 17.5. The van der Waals surface area contributed by atoms with Crippen molar-refractivity contribution in [2.75, 3.05) is 24.5 Å². The van der Waals surface area contributed by atoms with Crippen molar-refractivity contribution >= 4 is 11.9 Å². The van der Waals surface area contributed by atoms with Crippen LogP contribution in [0.25, 0.3) is 11.1 Å². The van der Waals surface area contributed by atoms with E-state index in [1.54, 1.807) is 4.90 Å². The van der Waals surface area contributed by atoms with E-state index in [2.05, 4.69) is 9.88 Å². The lowest BCUT2D eigenvalue weighted by atomic mass is 9.98. The third-order valence-electron chi connectivity index (χ3n) is 6.24. The second-order valence-electron chi connectivity index (χ2n) is 8.25. The van der Waals surface area contributed by atoms with E-state index < -0.39 is 0 Å². The number of piperidine rings is 1. The molecule has 0 saturated carbocycles. The van der Waals surface area contributed by atoms with Crippen molar-refractivity contribution in [1.82, 2.24) is 14.9 Å². The number of anilines is 1. The van der Waals surface area contributed by atoms with Gasteiger partial charge in [0.1, 0.15) is 0 Å². The molecule has 1 N–H and O–H groups in total. The van der Waals surface area contributed by atoms with E-state index in [0.29, 0.717) is 36.6 Å². The first kappa shape index (κ1) is 19.5. The maximum absolute atomic E-state index is 13.4. The first-order chi connectivity index (χ1) is 15.2. The molecule has 1 fully saturated rings. The smallest absolute Gasteiger partial charge is 0.257 e. The SMILES string of the molecule is O=C(c1ccccc1-c1ccccc1)N1CCc2nc(N3CCCCC3)[nH]c(=O)c2C1. The Morgan fingerprint density at radius 1 is 0.903 bits per heavy atom. The van der Waals surface area contributed by atoms with Crippen LogP contribution in [-0.4, -0.2) is 40.4 Å². The van der Waals surface area contributed by atoms with Gasteiger partial charge in [-0.25, -0.2) is 4.98 Å². The van der Waals surface area contributed by atoms with E-state index >= 15 is 0 Å². The number of carbonyl (C=O) groups is 1. The van der Waals surface area contributed by atoms with Gasteiger partial charge in [0.15, 0.2) is 0 Å². The second-order valence-corrected chi connectivity index (χ2v) is 8.25. The van der Waals surface area contributed by atoms with E-state index in [-0.39, 0.29) is 11.5 Å². The molecule has 1 saturated heterocycles. The Morgan fingerprint density at radius 3 is 2.45 bits per heavy atom. The zero-order valence-electron chi connectivity index (χ0n) is 17.5. The summed E-state index contributed by atoms with van der Waals surface area (Å²) in [4.78, 5) is 37.9. The van der Waals surface area contributed by atoms with Gasteiger partial charge in [-0.2, -0.15) is 0 Å². The van der Waals surface area contributed by atoms with E-state index in [1.165, 1.54) is 6.42 Å². The van der Waals surface area contributed by atoms with Crippen molar-refractivity contribution in [2.24, 2.45) is 0 Å². The van der Waals surface area contributed by atoms with Crippen LogP contribution in [-0.2, 0) is 13.0 Å². The van der Waals surface area contributed by atoms with Crippen molar-refractivity contribution < 1.29 is 4.79 Å². The van der Waals surface area contributed by atoms with Crippen molar-refractivity contribution in [3.05, 3.63) is 81.8 Å². The molecule has 0 aliphatic carbocycles. The van der Waals surface area contributed by atoms with Crippen LogP contribution < -0.4 is 10.5 Å². The summed E-state index contributed by atoms with van der Waals surface area (Å²) in [6.45, 7) is 2.72. The number of nitrogens with one attached hydrogen (secondary N) is 1. The van der Waals surface area contributed by atoms with Crippen LogP contribution in [0.1, 0.15) is 40.9 Å². The highest BCUT2D eigenvalue weighted by molar-refractivity contribution is 6.01. The fourth-order valence-corrected chi connectivity index (χ4v) is 4.55. The fraction of sp³-hybridized carbons (Fsp3) is 0.320. The molecular formula is C25H26N4O2. The number of H-pyrrole nitrogens is 1. The topological polar surface area (TPSA) is 69.3 Å². The van der Waals surface area contributed by atoms with Gasteiger partial charge in [-0.3, -0.25) is 14.6 Å². The minimum atomic E-state index is -0.126. The normalized spacial score (nSPS) is 16.1. The van der Waals surface area contributed by atoms with Gasteiger partial charge < -0.3 is 9.80 Å². The summed E-state index contributed by atoms with van der Waals surface area (Å²) in [6.07, 6.45) is 4.08. The molecule has 3 aromatic rings. The van der Waals surface area contributed by atoms with Crippen molar-refractivity contribution in [3.63, 3.8) is 0 Å². The van der Waals surface area contributed by atoms with Crippen molar-refractivity contribution in [3.8, 4) is 11.1 Å². The molecule has 6 heteroatoms. The van der Waals surface area contributed by atoms with Crippen molar-refractivity contribution in [2.45, 2.75) is 32.2 Å². The van der Waals surface area contributed by atoms with Crippen molar-refractivity contribution in [1.29, 1.82) is 0 Å². The molecule has 0 radical (unpaired) electrons. The minimum Gasteiger partial charge on any atom is -0.342 e. The summed E-state index contributed by atoms with van der Waals surface area (Å²) in [7, 11) is 0. The van der Waals surface area contributed by atoms with Crippen LogP contribution in [0.2, 0.25) is 0 Å². The van der Waals surface area contributed by atoms with Crippen LogP contribution in [0.15, 0.2) is 59.4 Å². The first-order valence-electron chi connectivity index (χ1n) is 11.0. The second kappa shape index (κ2) is 8.38. The lowest BCUT2D eigenvalue weighted by Crippen LogP contribution is -2.41. The third kappa shape index (κ3) is 3.85. The maximum atomic E-state index is 13.4. The molecule has 1 aromatic heterocycles. The average Bonchev–Trinajstić information content (AvgIpc) is 2.84. The van der Waals surface area contributed by atoms with E-state index in [1.807, 2.05) is 54.6 Å². The Kier molecular flexibility index (Phi) is 5.28. The summed E-state index contributed by atoms with van der Waals surface area (Å²) in [5.74, 6) is 0.627. The van der Waals surface area contributed by atoms with Crippen LogP contribution in [0.3, 0.4) is 0 Å². The van der Waals surface area contributed by atoms with Gasteiger partial charge in [0, 0.05) is 31.6 Å². The van der Waals surface area contributed by atoms with Gasteiger partial charge in [-0.15, -0.1) is 0 Å². The van der Waals surface area contributed by atoms with Crippen LogP contribution in [0, 0.1) is 0 Å².